The molecule has 1 fully saturated rings. The highest BCUT2D eigenvalue weighted by Gasteiger charge is 2.38. The van der Waals surface area contributed by atoms with Crippen molar-refractivity contribution in [2.24, 2.45) is 5.92 Å². The number of hydrogen-bond donors (Lipinski definition) is 0. The van der Waals surface area contributed by atoms with Crippen molar-refractivity contribution in [1.82, 2.24) is 0 Å². The fourth-order valence-electron chi connectivity index (χ4n) is 3.01. The van der Waals surface area contributed by atoms with Crippen LogP contribution in [0.5, 0.6) is 5.75 Å². The summed E-state index contributed by atoms with van der Waals surface area (Å²) in [5.41, 5.74) is 0.0930. The normalized spacial score (nSPS) is 22.2. The van der Waals surface area contributed by atoms with Gasteiger partial charge in [0, 0.05) is 6.42 Å². The van der Waals surface area contributed by atoms with Crippen LogP contribution in [-0.4, -0.2) is 30.9 Å². The maximum absolute atomic E-state index is 12.5. The van der Waals surface area contributed by atoms with E-state index in [9.17, 15) is 9.59 Å². The second-order valence-electron chi connectivity index (χ2n) is 5.73. The summed E-state index contributed by atoms with van der Waals surface area (Å²) >= 11 is 0. The van der Waals surface area contributed by atoms with Crippen LogP contribution in [0.4, 0.5) is 0 Å². The molecule has 0 unspecified atom stereocenters. The minimum atomic E-state index is -0.514. The molecule has 1 aromatic rings. The molecule has 1 aliphatic carbocycles. The van der Waals surface area contributed by atoms with Crippen LogP contribution < -0.4 is 4.74 Å². The van der Waals surface area contributed by atoms with Crippen molar-refractivity contribution in [3.8, 4) is 5.75 Å². The number of benzene rings is 1. The van der Waals surface area contributed by atoms with Gasteiger partial charge in [-0.15, -0.1) is 0 Å². The molecule has 1 saturated heterocycles. The van der Waals surface area contributed by atoms with E-state index in [1.54, 1.807) is 31.4 Å². The van der Waals surface area contributed by atoms with Crippen LogP contribution in [0.25, 0.3) is 0 Å². The minimum absolute atomic E-state index is 0.0252. The first-order chi connectivity index (χ1) is 10.6. The van der Waals surface area contributed by atoms with Gasteiger partial charge in [-0.05, 0) is 48.8 Å². The van der Waals surface area contributed by atoms with E-state index in [2.05, 4.69) is 0 Å². The van der Waals surface area contributed by atoms with Crippen LogP contribution in [-0.2, 0) is 9.53 Å². The van der Waals surface area contributed by atoms with Gasteiger partial charge in [0.15, 0.2) is 11.6 Å². The highest BCUT2D eigenvalue weighted by atomic mass is 16.5. The van der Waals surface area contributed by atoms with E-state index in [0.29, 0.717) is 30.8 Å². The monoisotopic (exact) mass is 298 g/mol. The van der Waals surface area contributed by atoms with E-state index >= 15 is 0 Å². The smallest absolute Gasteiger partial charge is 0.178 e. The highest BCUT2D eigenvalue weighted by molar-refractivity contribution is 6.00. The fraction of sp³-hybridized carbons (Fsp3) is 0.333. The van der Waals surface area contributed by atoms with Gasteiger partial charge < -0.3 is 9.47 Å². The van der Waals surface area contributed by atoms with Gasteiger partial charge in [0.2, 0.25) is 0 Å². The molecule has 1 aliphatic heterocycles. The summed E-state index contributed by atoms with van der Waals surface area (Å²) in [6.07, 6.45) is 7.78. The van der Waals surface area contributed by atoms with Crippen molar-refractivity contribution in [1.29, 1.82) is 0 Å². The Kier molecular flexibility index (Phi) is 3.94. The van der Waals surface area contributed by atoms with Gasteiger partial charge in [-0.25, -0.2) is 0 Å². The molecule has 0 bridgehead atoms. The zero-order valence-corrected chi connectivity index (χ0v) is 12.5. The molecule has 22 heavy (non-hydrogen) atoms. The van der Waals surface area contributed by atoms with Crippen molar-refractivity contribution in [2.75, 3.05) is 13.7 Å². The number of rotatable bonds is 4. The standard InChI is InChI=1S/C18H18O4/c1-21-17-5-3-2-4-15(17)16(20)10-13-11-18(22-12-13)8-6-14(19)7-9-18/h2-9,13H,10-12H2,1H3/t13-/m1/s1. The van der Waals surface area contributed by atoms with Crippen molar-refractivity contribution in [2.45, 2.75) is 18.4 Å². The number of carbonyl (C=O) groups excluding carboxylic acids is 2. The van der Waals surface area contributed by atoms with Gasteiger partial charge in [-0.1, -0.05) is 12.1 Å². The molecule has 1 heterocycles. The lowest BCUT2D eigenvalue weighted by Gasteiger charge is -2.22. The molecule has 4 heteroatoms. The second kappa shape index (κ2) is 5.89. The summed E-state index contributed by atoms with van der Waals surface area (Å²) in [7, 11) is 1.56. The van der Waals surface area contributed by atoms with E-state index in [4.69, 9.17) is 9.47 Å². The SMILES string of the molecule is COc1ccccc1C(=O)C[C@H]1COC2(C=CC(=O)C=C2)C1. The minimum Gasteiger partial charge on any atom is -0.496 e. The average Bonchev–Trinajstić information content (AvgIpc) is 2.93. The topological polar surface area (TPSA) is 52.6 Å². The fourth-order valence-corrected chi connectivity index (χ4v) is 3.01. The third-order valence-electron chi connectivity index (χ3n) is 4.14. The van der Waals surface area contributed by atoms with E-state index < -0.39 is 5.60 Å². The van der Waals surface area contributed by atoms with Gasteiger partial charge in [-0.3, -0.25) is 9.59 Å². The maximum atomic E-state index is 12.5. The van der Waals surface area contributed by atoms with Crippen molar-refractivity contribution in [3.63, 3.8) is 0 Å². The first-order valence-corrected chi connectivity index (χ1v) is 7.34. The Labute approximate surface area is 129 Å². The maximum Gasteiger partial charge on any atom is 0.178 e. The van der Waals surface area contributed by atoms with Crippen LogP contribution in [0.15, 0.2) is 48.6 Å². The van der Waals surface area contributed by atoms with Crippen LogP contribution in [0.3, 0.4) is 0 Å². The Balaban J connectivity index is 1.68. The second-order valence-corrected chi connectivity index (χ2v) is 5.73. The predicted octanol–water partition coefficient (Wildman–Crippen LogP) is 2.74. The molecule has 0 N–H and O–H groups in total. The third kappa shape index (κ3) is 2.88. The third-order valence-corrected chi connectivity index (χ3v) is 4.14. The largest absolute Gasteiger partial charge is 0.496 e. The van der Waals surface area contributed by atoms with E-state index in [0.717, 1.165) is 0 Å². The summed E-state index contributed by atoms with van der Waals surface area (Å²) in [6, 6.07) is 7.25. The van der Waals surface area contributed by atoms with Gasteiger partial charge in [0.1, 0.15) is 11.4 Å². The highest BCUT2D eigenvalue weighted by Crippen LogP contribution is 2.36. The van der Waals surface area contributed by atoms with E-state index in [1.807, 2.05) is 12.1 Å². The molecular weight excluding hydrogens is 280 g/mol. The number of carbonyl (C=O) groups is 2. The van der Waals surface area contributed by atoms with Crippen molar-refractivity contribution < 1.29 is 19.1 Å². The molecule has 3 rings (SSSR count). The van der Waals surface area contributed by atoms with Crippen molar-refractivity contribution >= 4 is 11.6 Å². The Bertz CT molecular complexity index is 641. The molecule has 1 atom stereocenters. The van der Waals surface area contributed by atoms with Crippen LogP contribution in [0.2, 0.25) is 0 Å². The summed E-state index contributed by atoms with van der Waals surface area (Å²) < 4.78 is 11.1. The molecule has 1 aromatic carbocycles. The summed E-state index contributed by atoms with van der Waals surface area (Å²) in [5.74, 6) is 0.773. The lowest BCUT2D eigenvalue weighted by atomic mass is 9.87. The zero-order valence-electron chi connectivity index (χ0n) is 12.5. The average molecular weight is 298 g/mol. The molecule has 114 valence electrons. The molecule has 2 aliphatic rings. The lowest BCUT2D eigenvalue weighted by molar-refractivity contribution is -0.110. The summed E-state index contributed by atoms with van der Waals surface area (Å²) in [6.45, 7) is 0.518. The molecule has 4 nitrogen and oxygen atoms in total. The van der Waals surface area contributed by atoms with Gasteiger partial charge >= 0.3 is 0 Å². The predicted molar refractivity (Wildman–Crippen MR) is 82.0 cm³/mol. The van der Waals surface area contributed by atoms with Crippen LogP contribution >= 0.6 is 0 Å². The van der Waals surface area contributed by atoms with Crippen LogP contribution in [0, 0.1) is 5.92 Å². The molecule has 0 radical (unpaired) electrons. The summed E-state index contributed by atoms with van der Waals surface area (Å²) in [5, 5.41) is 0. The number of para-hydroxylation sites is 1. The molecular formula is C18H18O4. The molecule has 1 spiro atoms. The Morgan fingerprint density at radius 3 is 2.77 bits per heavy atom. The number of methoxy groups -OCH3 is 1. The van der Waals surface area contributed by atoms with Gasteiger partial charge in [-0.2, -0.15) is 0 Å². The summed E-state index contributed by atoms with van der Waals surface area (Å²) in [4.78, 5) is 23.7. The Hall–Kier alpha value is -2.20. The van der Waals surface area contributed by atoms with Crippen molar-refractivity contribution in [3.05, 3.63) is 54.1 Å². The first kappa shape index (κ1) is 14.7. The molecule has 0 amide bonds. The Morgan fingerprint density at radius 1 is 1.32 bits per heavy atom. The quantitative estimate of drug-likeness (QED) is 0.802. The molecule has 0 saturated carbocycles. The lowest BCUT2D eigenvalue weighted by Crippen LogP contribution is -2.24. The van der Waals surface area contributed by atoms with Gasteiger partial charge in [0.05, 0.1) is 19.3 Å². The van der Waals surface area contributed by atoms with E-state index in [-0.39, 0.29) is 17.5 Å². The number of Topliss-reactive ketones (excluding diaryl/α,β-unsaturated/α-hetero) is 1. The number of hydrogen-bond acceptors (Lipinski definition) is 4. The van der Waals surface area contributed by atoms with Gasteiger partial charge in [0.25, 0.3) is 0 Å². The zero-order chi connectivity index (χ0) is 15.6. The number of allylic oxidation sites excluding steroid dienone is 2. The van der Waals surface area contributed by atoms with E-state index in [1.165, 1.54) is 12.2 Å². The molecule has 0 aromatic heterocycles. The number of ketones is 2. The Morgan fingerprint density at radius 2 is 2.05 bits per heavy atom. The number of ether oxygens (including phenoxy) is 2. The van der Waals surface area contributed by atoms with Crippen LogP contribution in [0.1, 0.15) is 23.2 Å². The first-order valence-electron chi connectivity index (χ1n) is 7.34.